The van der Waals surface area contributed by atoms with E-state index in [0.717, 1.165) is 26.3 Å². The second-order valence-corrected chi connectivity index (χ2v) is 4.56. The largest absolute Gasteiger partial charge is 0.380 e. The van der Waals surface area contributed by atoms with Crippen LogP contribution in [-0.4, -0.2) is 28.8 Å². The summed E-state index contributed by atoms with van der Waals surface area (Å²) in [6.07, 6.45) is 3.80. The average Bonchev–Trinajstić information content (AvgIpc) is 2.76. The van der Waals surface area contributed by atoms with E-state index in [4.69, 9.17) is 4.74 Å². The number of ether oxygens (including phenoxy) is 1. The SMILES string of the molecule is CCOCC(NCc1cncn1CC)C(C)C. The highest BCUT2D eigenvalue weighted by Crippen LogP contribution is 2.05. The molecule has 1 aromatic rings. The molecule has 0 aliphatic heterocycles. The fourth-order valence-electron chi connectivity index (χ4n) is 1.75. The molecule has 0 aromatic carbocycles. The van der Waals surface area contributed by atoms with Crippen LogP contribution in [0.1, 0.15) is 33.4 Å². The van der Waals surface area contributed by atoms with E-state index in [-0.39, 0.29) is 0 Å². The highest BCUT2D eigenvalue weighted by Gasteiger charge is 2.13. The third-order valence-electron chi connectivity index (χ3n) is 2.99. The van der Waals surface area contributed by atoms with E-state index >= 15 is 0 Å². The average molecular weight is 239 g/mol. The Labute approximate surface area is 104 Å². The first-order valence-electron chi connectivity index (χ1n) is 6.49. The highest BCUT2D eigenvalue weighted by atomic mass is 16.5. The van der Waals surface area contributed by atoms with Crippen molar-refractivity contribution in [2.75, 3.05) is 13.2 Å². The van der Waals surface area contributed by atoms with Crippen LogP contribution in [0.25, 0.3) is 0 Å². The molecule has 0 bridgehead atoms. The van der Waals surface area contributed by atoms with Gasteiger partial charge in [-0.2, -0.15) is 0 Å². The summed E-state index contributed by atoms with van der Waals surface area (Å²) in [6.45, 7) is 12.0. The van der Waals surface area contributed by atoms with Gasteiger partial charge in [0.15, 0.2) is 0 Å². The molecular weight excluding hydrogens is 214 g/mol. The van der Waals surface area contributed by atoms with Crippen LogP contribution in [0.15, 0.2) is 12.5 Å². The van der Waals surface area contributed by atoms with Gasteiger partial charge in [0.2, 0.25) is 0 Å². The Balaban J connectivity index is 2.45. The topological polar surface area (TPSA) is 39.1 Å². The number of rotatable bonds is 8. The van der Waals surface area contributed by atoms with E-state index in [0.29, 0.717) is 12.0 Å². The molecule has 0 aliphatic carbocycles. The molecule has 4 heteroatoms. The third-order valence-corrected chi connectivity index (χ3v) is 2.99. The van der Waals surface area contributed by atoms with Crippen LogP contribution >= 0.6 is 0 Å². The number of hydrogen-bond donors (Lipinski definition) is 1. The summed E-state index contributed by atoms with van der Waals surface area (Å²) in [5.74, 6) is 0.569. The number of nitrogens with zero attached hydrogens (tertiary/aromatic N) is 2. The Morgan fingerprint density at radius 1 is 1.41 bits per heavy atom. The molecule has 1 rings (SSSR count). The van der Waals surface area contributed by atoms with Crippen molar-refractivity contribution < 1.29 is 4.74 Å². The number of imidazole rings is 1. The van der Waals surface area contributed by atoms with Gasteiger partial charge in [0, 0.05) is 31.9 Å². The zero-order chi connectivity index (χ0) is 12.7. The molecule has 0 spiro atoms. The van der Waals surface area contributed by atoms with Crippen LogP contribution in [0, 0.1) is 5.92 Å². The molecule has 0 aliphatic rings. The lowest BCUT2D eigenvalue weighted by atomic mass is 10.1. The Hall–Kier alpha value is -0.870. The fraction of sp³-hybridized carbons (Fsp3) is 0.769. The molecule has 4 nitrogen and oxygen atoms in total. The highest BCUT2D eigenvalue weighted by molar-refractivity contribution is 4.98. The third kappa shape index (κ3) is 4.48. The summed E-state index contributed by atoms with van der Waals surface area (Å²) in [5, 5.41) is 3.55. The van der Waals surface area contributed by atoms with Crippen LogP contribution < -0.4 is 5.32 Å². The van der Waals surface area contributed by atoms with Gasteiger partial charge in [-0.1, -0.05) is 13.8 Å². The first-order chi connectivity index (χ1) is 8.19. The summed E-state index contributed by atoms with van der Waals surface area (Å²) in [4.78, 5) is 4.17. The fourth-order valence-corrected chi connectivity index (χ4v) is 1.75. The van der Waals surface area contributed by atoms with Crippen LogP contribution in [0.5, 0.6) is 0 Å². The predicted molar refractivity (Wildman–Crippen MR) is 69.9 cm³/mol. The summed E-state index contributed by atoms with van der Waals surface area (Å²) < 4.78 is 7.66. The van der Waals surface area contributed by atoms with Crippen molar-refractivity contribution in [3.8, 4) is 0 Å². The van der Waals surface area contributed by atoms with E-state index in [1.807, 2.05) is 19.4 Å². The van der Waals surface area contributed by atoms with E-state index in [9.17, 15) is 0 Å². The zero-order valence-electron chi connectivity index (χ0n) is 11.4. The van der Waals surface area contributed by atoms with Crippen LogP contribution in [0.3, 0.4) is 0 Å². The minimum atomic E-state index is 0.398. The quantitative estimate of drug-likeness (QED) is 0.754. The van der Waals surface area contributed by atoms with Gasteiger partial charge in [-0.3, -0.25) is 0 Å². The van der Waals surface area contributed by atoms with Crippen molar-refractivity contribution in [3.63, 3.8) is 0 Å². The molecule has 0 saturated carbocycles. The first-order valence-corrected chi connectivity index (χ1v) is 6.49. The maximum absolute atomic E-state index is 5.50. The number of nitrogens with one attached hydrogen (secondary N) is 1. The summed E-state index contributed by atoms with van der Waals surface area (Å²) >= 11 is 0. The molecule has 1 heterocycles. The minimum Gasteiger partial charge on any atom is -0.380 e. The van der Waals surface area contributed by atoms with Crippen LogP contribution in [-0.2, 0) is 17.8 Å². The Kier molecular flexibility index (Phi) is 6.22. The molecule has 1 N–H and O–H groups in total. The van der Waals surface area contributed by atoms with Gasteiger partial charge in [0.25, 0.3) is 0 Å². The minimum absolute atomic E-state index is 0.398. The van der Waals surface area contributed by atoms with Crippen LogP contribution in [0.4, 0.5) is 0 Å². The summed E-state index contributed by atoms with van der Waals surface area (Å²) in [5.41, 5.74) is 1.23. The van der Waals surface area contributed by atoms with Crippen molar-refractivity contribution in [1.29, 1.82) is 0 Å². The number of hydrogen-bond acceptors (Lipinski definition) is 3. The molecule has 0 radical (unpaired) electrons. The molecule has 1 unspecified atom stereocenters. The van der Waals surface area contributed by atoms with Gasteiger partial charge in [-0.25, -0.2) is 4.98 Å². The van der Waals surface area contributed by atoms with E-state index in [1.165, 1.54) is 5.69 Å². The monoisotopic (exact) mass is 239 g/mol. The lowest BCUT2D eigenvalue weighted by molar-refractivity contribution is 0.107. The molecule has 17 heavy (non-hydrogen) atoms. The Morgan fingerprint density at radius 2 is 2.18 bits per heavy atom. The van der Waals surface area contributed by atoms with Crippen molar-refractivity contribution in [1.82, 2.24) is 14.9 Å². The van der Waals surface area contributed by atoms with E-state index in [2.05, 4.69) is 35.6 Å². The van der Waals surface area contributed by atoms with Crippen molar-refractivity contribution in [2.45, 2.75) is 46.8 Å². The van der Waals surface area contributed by atoms with Gasteiger partial charge >= 0.3 is 0 Å². The second-order valence-electron chi connectivity index (χ2n) is 4.56. The first kappa shape index (κ1) is 14.2. The maximum atomic E-state index is 5.50. The molecule has 98 valence electrons. The van der Waals surface area contributed by atoms with Gasteiger partial charge in [-0.05, 0) is 19.8 Å². The number of aromatic nitrogens is 2. The van der Waals surface area contributed by atoms with Gasteiger partial charge in [0.05, 0.1) is 18.6 Å². The molecule has 0 amide bonds. The van der Waals surface area contributed by atoms with Gasteiger partial charge in [0.1, 0.15) is 0 Å². The molecule has 1 aromatic heterocycles. The van der Waals surface area contributed by atoms with Crippen molar-refractivity contribution in [2.24, 2.45) is 5.92 Å². The normalized spacial score (nSPS) is 13.2. The van der Waals surface area contributed by atoms with Gasteiger partial charge < -0.3 is 14.6 Å². The lowest BCUT2D eigenvalue weighted by Gasteiger charge is -2.22. The Morgan fingerprint density at radius 3 is 2.76 bits per heavy atom. The second kappa shape index (κ2) is 7.45. The zero-order valence-corrected chi connectivity index (χ0v) is 11.4. The Bertz CT molecular complexity index is 309. The molecule has 0 fully saturated rings. The van der Waals surface area contributed by atoms with E-state index in [1.54, 1.807) is 0 Å². The lowest BCUT2D eigenvalue weighted by Crippen LogP contribution is -2.38. The molecule has 1 atom stereocenters. The smallest absolute Gasteiger partial charge is 0.0948 e. The molecule has 0 saturated heterocycles. The van der Waals surface area contributed by atoms with Crippen LogP contribution in [0.2, 0.25) is 0 Å². The predicted octanol–water partition coefficient (Wildman–Crippen LogP) is 2.05. The summed E-state index contributed by atoms with van der Waals surface area (Å²) in [6, 6.07) is 0.398. The van der Waals surface area contributed by atoms with Crippen molar-refractivity contribution >= 4 is 0 Å². The standard InChI is InChI=1S/C13H25N3O/c1-5-16-10-14-7-12(16)8-15-13(11(3)4)9-17-6-2/h7,10-11,13,15H,5-6,8-9H2,1-4H3. The van der Waals surface area contributed by atoms with E-state index < -0.39 is 0 Å². The van der Waals surface area contributed by atoms with Gasteiger partial charge in [-0.15, -0.1) is 0 Å². The van der Waals surface area contributed by atoms with Crippen molar-refractivity contribution in [3.05, 3.63) is 18.2 Å². The summed E-state index contributed by atoms with van der Waals surface area (Å²) in [7, 11) is 0. The number of aryl methyl sites for hydroxylation is 1. The molecular formula is C13H25N3O. The maximum Gasteiger partial charge on any atom is 0.0948 e.